The molecule has 0 aromatic heterocycles. The normalized spacial score (nSPS) is 15.1. The Hall–Kier alpha value is -2.65. The number of nitrogens with zero attached hydrogens (tertiary/aromatic N) is 2. The zero-order chi connectivity index (χ0) is 27.0. The lowest BCUT2D eigenvalue weighted by molar-refractivity contribution is -0.141. The van der Waals surface area contributed by atoms with Crippen LogP contribution in [0.25, 0.3) is 0 Å². The van der Waals surface area contributed by atoms with E-state index in [0.29, 0.717) is 16.3 Å². The number of anilines is 1. The molecular weight excluding hydrogens is 517 g/mol. The summed E-state index contributed by atoms with van der Waals surface area (Å²) < 4.78 is 39.5. The van der Waals surface area contributed by atoms with Crippen LogP contribution in [-0.2, 0) is 26.2 Å². The highest BCUT2D eigenvalue weighted by Gasteiger charge is 2.28. The quantitative estimate of drug-likeness (QED) is 0.431. The second-order valence-corrected chi connectivity index (χ2v) is 11.9. The largest absolute Gasteiger partial charge is 0.352 e. The van der Waals surface area contributed by atoms with Crippen LogP contribution in [0.2, 0.25) is 5.02 Å². The summed E-state index contributed by atoms with van der Waals surface area (Å²) in [6, 6.07) is 11.6. The Labute approximate surface area is 224 Å². The van der Waals surface area contributed by atoms with Crippen molar-refractivity contribution in [2.75, 3.05) is 17.1 Å². The van der Waals surface area contributed by atoms with Crippen LogP contribution in [0.1, 0.15) is 57.4 Å². The van der Waals surface area contributed by atoms with Crippen molar-refractivity contribution in [1.29, 1.82) is 0 Å². The lowest BCUT2D eigenvalue weighted by Crippen LogP contribution is -2.50. The van der Waals surface area contributed by atoms with Crippen molar-refractivity contribution in [3.63, 3.8) is 0 Å². The summed E-state index contributed by atoms with van der Waals surface area (Å²) in [5.41, 5.74) is 1.16. The maximum Gasteiger partial charge on any atom is 0.242 e. The Morgan fingerprint density at radius 2 is 1.68 bits per heavy atom. The van der Waals surface area contributed by atoms with Gasteiger partial charge in [0.05, 0.1) is 11.9 Å². The van der Waals surface area contributed by atoms with Crippen LogP contribution in [-0.4, -0.2) is 50.0 Å². The number of rotatable bonds is 11. The van der Waals surface area contributed by atoms with E-state index >= 15 is 0 Å². The summed E-state index contributed by atoms with van der Waals surface area (Å²) in [7, 11) is -3.58. The number of amides is 2. The molecule has 1 saturated carbocycles. The van der Waals surface area contributed by atoms with Crippen LogP contribution in [0.5, 0.6) is 0 Å². The van der Waals surface area contributed by atoms with E-state index in [2.05, 4.69) is 5.32 Å². The molecule has 0 aliphatic heterocycles. The van der Waals surface area contributed by atoms with Gasteiger partial charge in [0.25, 0.3) is 0 Å². The fraction of sp³-hybridized carbons (Fsp3) is 0.481. The van der Waals surface area contributed by atoms with Crippen LogP contribution in [0.15, 0.2) is 48.5 Å². The van der Waals surface area contributed by atoms with E-state index < -0.39 is 16.1 Å². The number of benzene rings is 2. The lowest BCUT2D eigenvalue weighted by atomic mass is 9.95. The van der Waals surface area contributed by atoms with Gasteiger partial charge >= 0.3 is 0 Å². The highest BCUT2D eigenvalue weighted by Crippen LogP contribution is 2.22. The molecule has 1 atom stereocenters. The van der Waals surface area contributed by atoms with Crippen molar-refractivity contribution in [3.8, 4) is 0 Å². The first kappa shape index (κ1) is 28.9. The molecule has 1 N–H and O–H groups in total. The smallest absolute Gasteiger partial charge is 0.242 e. The van der Waals surface area contributed by atoms with Crippen molar-refractivity contribution in [2.24, 2.45) is 0 Å². The number of hydrogen-bond acceptors (Lipinski definition) is 4. The summed E-state index contributed by atoms with van der Waals surface area (Å²) in [6.45, 7) is 1.93. The van der Waals surface area contributed by atoms with Gasteiger partial charge < -0.3 is 10.2 Å². The fourth-order valence-electron chi connectivity index (χ4n) is 4.55. The molecule has 3 rings (SSSR count). The van der Waals surface area contributed by atoms with Crippen LogP contribution in [0, 0.1) is 5.82 Å². The molecule has 2 aromatic rings. The summed E-state index contributed by atoms with van der Waals surface area (Å²) >= 11 is 5.93. The summed E-state index contributed by atoms with van der Waals surface area (Å²) in [6.07, 6.45) is 6.57. The Balaban J connectivity index is 1.70. The highest BCUT2D eigenvalue weighted by molar-refractivity contribution is 7.92. The Morgan fingerprint density at radius 3 is 2.27 bits per heavy atom. The Morgan fingerprint density at radius 1 is 1.05 bits per heavy atom. The molecule has 1 aliphatic rings. The van der Waals surface area contributed by atoms with Crippen LogP contribution >= 0.6 is 11.6 Å². The van der Waals surface area contributed by atoms with Crippen LogP contribution in [0.4, 0.5) is 10.1 Å². The molecule has 1 fully saturated rings. The van der Waals surface area contributed by atoms with Crippen molar-refractivity contribution in [1.82, 2.24) is 10.2 Å². The first-order valence-corrected chi connectivity index (χ1v) is 14.8. The van der Waals surface area contributed by atoms with Crippen LogP contribution < -0.4 is 9.62 Å². The maximum atomic E-state index is 13.4. The maximum absolute atomic E-state index is 13.4. The minimum atomic E-state index is -3.58. The van der Waals surface area contributed by atoms with Crippen molar-refractivity contribution in [3.05, 3.63) is 64.9 Å². The number of carbonyl (C=O) groups excluding carboxylic acids is 2. The SMILES string of the molecule is CC(C(=O)NC1CCCCC1)N(Cc1ccc(F)cc1)C(=O)CCCN(c1ccc(Cl)cc1)S(C)(=O)=O. The molecule has 2 amide bonds. The minimum Gasteiger partial charge on any atom is -0.352 e. The zero-order valence-electron chi connectivity index (χ0n) is 21.3. The van der Waals surface area contributed by atoms with Gasteiger partial charge in [0.2, 0.25) is 21.8 Å². The number of hydrogen-bond donors (Lipinski definition) is 1. The number of nitrogens with one attached hydrogen (secondary N) is 1. The van der Waals surface area contributed by atoms with Gasteiger partial charge in [0, 0.05) is 30.6 Å². The monoisotopic (exact) mass is 551 g/mol. The molecular formula is C27H35ClFN3O4S. The van der Waals surface area contributed by atoms with Gasteiger partial charge in [0.15, 0.2) is 0 Å². The van der Waals surface area contributed by atoms with Gasteiger partial charge in [-0.2, -0.15) is 0 Å². The molecule has 10 heteroatoms. The molecule has 1 aliphatic carbocycles. The van der Waals surface area contributed by atoms with E-state index in [0.717, 1.165) is 38.4 Å². The fourth-order valence-corrected chi connectivity index (χ4v) is 5.64. The number of carbonyl (C=O) groups is 2. The highest BCUT2D eigenvalue weighted by atomic mass is 35.5. The van der Waals surface area contributed by atoms with E-state index in [-0.39, 0.29) is 49.6 Å². The third kappa shape index (κ3) is 8.71. The molecule has 0 bridgehead atoms. The predicted molar refractivity (Wildman–Crippen MR) is 144 cm³/mol. The van der Waals surface area contributed by atoms with E-state index in [9.17, 15) is 22.4 Å². The summed E-state index contributed by atoms with van der Waals surface area (Å²) in [4.78, 5) is 27.9. The second-order valence-electron chi connectivity index (χ2n) is 9.58. The van der Waals surface area contributed by atoms with Gasteiger partial charge in [0.1, 0.15) is 11.9 Å². The van der Waals surface area contributed by atoms with Crippen molar-refractivity contribution >= 4 is 39.1 Å². The van der Waals surface area contributed by atoms with E-state index in [1.165, 1.54) is 21.3 Å². The van der Waals surface area contributed by atoms with Gasteiger partial charge in [-0.3, -0.25) is 13.9 Å². The van der Waals surface area contributed by atoms with Gasteiger partial charge in [-0.05, 0) is 68.1 Å². The van der Waals surface area contributed by atoms with Gasteiger partial charge in [-0.15, -0.1) is 0 Å². The molecule has 0 spiro atoms. The molecule has 7 nitrogen and oxygen atoms in total. The third-order valence-electron chi connectivity index (χ3n) is 6.65. The molecule has 37 heavy (non-hydrogen) atoms. The molecule has 0 heterocycles. The zero-order valence-corrected chi connectivity index (χ0v) is 22.9. The van der Waals surface area contributed by atoms with E-state index in [1.54, 1.807) is 43.3 Å². The average molecular weight is 552 g/mol. The number of halogens is 2. The Kier molecular flexibility index (Phi) is 10.3. The molecule has 202 valence electrons. The summed E-state index contributed by atoms with van der Waals surface area (Å²) in [5, 5.41) is 3.57. The third-order valence-corrected chi connectivity index (χ3v) is 8.10. The van der Waals surface area contributed by atoms with Gasteiger partial charge in [-0.1, -0.05) is 43.0 Å². The Bertz CT molecular complexity index is 1150. The molecule has 0 saturated heterocycles. The predicted octanol–water partition coefficient (Wildman–Crippen LogP) is 4.89. The molecule has 0 radical (unpaired) electrons. The topological polar surface area (TPSA) is 86.8 Å². The average Bonchev–Trinajstić information content (AvgIpc) is 2.86. The minimum absolute atomic E-state index is 0.0435. The second kappa shape index (κ2) is 13.2. The molecule has 2 aromatic carbocycles. The van der Waals surface area contributed by atoms with Crippen LogP contribution in [0.3, 0.4) is 0 Å². The van der Waals surface area contributed by atoms with E-state index in [4.69, 9.17) is 11.6 Å². The van der Waals surface area contributed by atoms with Crippen molar-refractivity contribution < 1.29 is 22.4 Å². The standard InChI is InChI=1S/C27H35ClFN3O4S/c1-20(27(34)30-24-7-4-3-5-8-24)31(19-21-10-14-23(29)15-11-21)26(33)9-6-18-32(37(2,35)36)25-16-12-22(28)13-17-25/h10-17,20,24H,3-9,18-19H2,1-2H3,(H,30,34). The van der Waals surface area contributed by atoms with E-state index in [1.807, 2.05) is 0 Å². The van der Waals surface area contributed by atoms with Crippen molar-refractivity contribution in [2.45, 2.75) is 70.5 Å². The summed E-state index contributed by atoms with van der Waals surface area (Å²) in [5.74, 6) is -0.880. The molecule has 1 unspecified atom stereocenters. The van der Waals surface area contributed by atoms with Gasteiger partial charge in [-0.25, -0.2) is 12.8 Å². The number of sulfonamides is 1. The first-order valence-electron chi connectivity index (χ1n) is 12.6. The first-order chi connectivity index (χ1) is 17.5. The lowest BCUT2D eigenvalue weighted by Gasteiger charge is -2.31.